The second kappa shape index (κ2) is 5.89. The first-order chi connectivity index (χ1) is 11.1. The first-order valence-corrected chi connectivity index (χ1v) is 6.69. The normalized spacial score (nSPS) is 10.7. The molecule has 0 aromatic carbocycles. The Balaban J connectivity index is 1.81. The highest BCUT2D eigenvalue weighted by molar-refractivity contribution is 6.03. The number of nitrogens with one attached hydrogen (secondary N) is 1. The molecule has 0 spiro atoms. The average molecular weight is 314 g/mol. The van der Waals surface area contributed by atoms with Crippen molar-refractivity contribution in [2.45, 2.75) is 6.61 Å². The number of amides is 1. The molecule has 0 unspecified atom stereocenters. The van der Waals surface area contributed by atoms with Crippen LogP contribution in [0.25, 0.3) is 11.5 Å². The molecule has 0 aliphatic heterocycles. The summed E-state index contributed by atoms with van der Waals surface area (Å²) in [6.07, 6.45) is 4.36. The number of aromatic nitrogens is 4. The maximum Gasteiger partial charge on any atom is 0.277 e. The van der Waals surface area contributed by atoms with Gasteiger partial charge in [-0.05, 0) is 12.1 Å². The van der Waals surface area contributed by atoms with E-state index in [1.165, 1.54) is 17.1 Å². The fourth-order valence-electron chi connectivity index (χ4n) is 2.03. The lowest BCUT2D eigenvalue weighted by Crippen LogP contribution is -2.13. The van der Waals surface area contributed by atoms with Gasteiger partial charge in [-0.15, -0.1) is 0 Å². The fraction of sp³-hybridized carbons (Fsp3) is 0.143. The number of nitrogens with zero attached hydrogens (tertiary/aromatic N) is 4. The Morgan fingerprint density at radius 2 is 2.35 bits per heavy atom. The average Bonchev–Trinajstić information content (AvgIpc) is 3.14. The van der Waals surface area contributed by atoms with Gasteiger partial charge in [-0.25, -0.2) is 9.97 Å². The van der Waals surface area contributed by atoms with Gasteiger partial charge in [-0.2, -0.15) is 5.10 Å². The number of anilines is 2. The summed E-state index contributed by atoms with van der Waals surface area (Å²) in [5, 5.41) is 15.9. The van der Waals surface area contributed by atoms with Gasteiger partial charge in [0.2, 0.25) is 5.89 Å². The van der Waals surface area contributed by atoms with Crippen LogP contribution in [0.15, 0.2) is 35.2 Å². The van der Waals surface area contributed by atoms with Crippen LogP contribution < -0.4 is 11.1 Å². The number of hydrogen-bond donors (Lipinski definition) is 3. The molecule has 0 saturated carbocycles. The molecule has 9 nitrogen and oxygen atoms in total. The Morgan fingerprint density at radius 1 is 1.52 bits per heavy atom. The van der Waals surface area contributed by atoms with Crippen molar-refractivity contribution in [3.05, 3.63) is 42.2 Å². The maximum atomic E-state index is 12.2. The number of aliphatic hydroxyl groups is 1. The lowest BCUT2D eigenvalue weighted by Gasteiger charge is -2.00. The van der Waals surface area contributed by atoms with Crippen molar-refractivity contribution in [3.8, 4) is 11.5 Å². The van der Waals surface area contributed by atoms with Gasteiger partial charge in [-0.1, -0.05) is 0 Å². The Morgan fingerprint density at radius 3 is 3.09 bits per heavy atom. The van der Waals surface area contributed by atoms with Crippen LogP contribution in [-0.2, 0) is 13.7 Å². The van der Waals surface area contributed by atoms with E-state index in [4.69, 9.17) is 10.2 Å². The summed E-state index contributed by atoms with van der Waals surface area (Å²) in [5.41, 5.74) is 7.11. The lowest BCUT2D eigenvalue weighted by atomic mass is 10.2. The monoisotopic (exact) mass is 314 g/mol. The SMILES string of the molecule is Cn1cc(NC(=O)c2coc(-c3ccnc(N)c3)n2)c(CO)n1. The molecule has 0 saturated heterocycles. The van der Waals surface area contributed by atoms with Crippen LogP contribution >= 0.6 is 0 Å². The first-order valence-electron chi connectivity index (χ1n) is 6.69. The quantitative estimate of drug-likeness (QED) is 0.648. The molecule has 3 heterocycles. The molecular weight excluding hydrogens is 300 g/mol. The van der Waals surface area contributed by atoms with Gasteiger partial charge in [0.15, 0.2) is 5.69 Å². The van der Waals surface area contributed by atoms with Crippen molar-refractivity contribution in [2.24, 2.45) is 7.05 Å². The van der Waals surface area contributed by atoms with Crippen LogP contribution in [0.1, 0.15) is 16.2 Å². The Kier molecular flexibility index (Phi) is 3.77. The van der Waals surface area contributed by atoms with E-state index >= 15 is 0 Å². The summed E-state index contributed by atoms with van der Waals surface area (Å²) in [6.45, 7) is -0.281. The van der Waals surface area contributed by atoms with E-state index in [1.54, 1.807) is 25.4 Å². The van der Waals surface area contributed by atoms with E-state index in [-0.39, 0.29) is 18.2 Å². The summed E-state index contributed by atoms with van der Waals surface area (Å²) in [5.74, 6) is 0.122. The molecule has 3 rings (SSSR count). The molecule has 0 bridgehead atoms. The van der Waals surface area contributed by atoms with Crippen LogP contribution in [0, 0.1) is 0 Å². The van der Waals surface area contributed by atoms with Crippen LogP contribution in [0.4, 0.5) is 11.5 Å². The third-order valence-electron chi connectivity index (χ3n) is 3.07. The van der Waals surface area contributed by atoms with Crippen molar-refractivity contribution < 1.29 is 14.3 Å². The minimum Gasteiger partial charge on any atom is -0.444 e. The van der Waals surface area contributed by atoms with Gasteiger partial charge in [0.05, 0.1) is 12.3 Å². The van der Waals surface area contributed by atoms with Crippen molar-refractivity contribution in [1.82, 2.24) is 19.7 Å². The number of hydrogen-bond acceptors (Lipinski definition) is 7. The van der Waals surface area contributed by atoms with Crippen molar-refractivity contribution >= 4 is 17.4 Å². The Bertz CT molecular complexity index is 854. The van der Waals surface area contributed by atoms with Crippen molar-refractivity contribution in [2.75, 3.05) is 11.1 Å². The molecule has 0 aliphatic carbocycles. The number of pyridine rings is 1. The topological polar surface area (TPSA) is 132 Å². The fourth-order valence-corrected chi connectivity index (χ4v) is 2.03. The number of rotatable bonds is 4. The third-order valence-corrected chi connectivity index (χ3v) is 3.07. The zero-order valence-corrected chi connectivity index (χ0v) is 12.2. The first kappa shape index (κ1) is 14.7. The van der Waals surface area contributed by atoms with E-state index in [0.717, 1.165) is 0 Å². The number of carbonyl (C=O) groups excluding carboxylic acids is 1. The summed E-state index contributed by atoms with van der Waals surface area (Å²) in [4.78, 5) is 20.2. The molecule has 0 atom stereocenters. The van der Waals surface area contributed by atoms with Gasteiger partial charge in [0.25, 0.3) is 5.91 Å². The number of carbonyl (C=O) groups is 1. The summed E-state index contributed by atoms with van der Waals surface area (Å²) in [6, 6.07) is 3.27. The van der Waals surface area contributed by atoms with E-state index < -0.39 is 5.91 Å². The molecule has 4 N–H and O–H groups in total. The van der Waals surface area contributed by atoms with E-state index in [1.807, 2.05) is 0 Å². The molecular formula is C14H14N6O3. The second-order valence-electron chi connectivity index (χ2n) is 4.78. The number of oxazole rings is 1. The third kappa shape index (κ3) is 3.04. The van der Waals surface area contributed by atoms with E-state index in [0.29, 0.717) is 22.8 Å². The zero-order valence-electron chi connectivity index (χ0n) is 12.2. The summed E-state index contributed by atoms with van der Waals surface area (Å²) < 4.78 is 6.80. The van der Waals surface area contributed by atoms with Crippen molar-refractivity contribution in [1.29, 1.82) is 0 Å². The maximum absolute atomic E-state index is 12.2. The largest absolute Gasteiger partial charge is 0.444 e. The molecule has 23 heavy (non-hydrogen) atoms. The van der Waals surface area contributed by atoms with Crippen molar-refractivity contribution in [3.63, 3.8) is 0 Å². The van der Waals surface area contributed by atoms with E-state index in [2.05, 4.69) is 20.4 Å². The van der Waals surface area contributed by atoms with Crippen LogP contribution in [-0.4, -0.2) is 30.8 Å². The molecule has 3 aromatic rings. The highest BCUT2D eigenvalue weighted by Crippen LogP contribution is 2.20. The zero-order chi connectivity index (χ0) is 16.4. The highest BCUT2D eigenvalue weighted by Gasteiger charge is 2.16. The second-order valence-corrected chi connectivity index (χ2v) is 4.78. The van der Waals surface area contributed by atoms with Crippen LogP contribution in [0.3, 0.4) is 0 Å². The molecule has 0 radical (unpaired) electrons. The Hall–Kier alpha value is -3.20. The smallest absolute Gasteiger partial charge is 0.277 e. The predicted octanol–water partition coefficient (Wildman–Crippen LogP) is 0.797. The summed E-state index contributed by atoms with van der Waals surface area (Å²) in [7, 11) is 1.69. The highest BCUT2D eigenvalue weighted by atomic mass is 16.3. The van der Waals surface area contributed by atoms with Crippen LogP contribution in [0.5, 0.6) is 0 Å². The number of aliphatic hydroxyl groups excluding tert-OH is 1. The standard InChI is InChI=1S/C14H14N6O3/c1-20-5-9(10(6-21)19-20)17-13(22)11-7-23-14(18-11)8-2-3-16-12(15)4-8/h2-5,7,21H,6H2,1H3,(H2,15,16)(H,17,22). The minimum atomic E-state index is -0.468. The number of aryl methyl sites for hydroxylation is 1. The van der Waals surface area contributed by atoms with Gasteiger partial charge in [-0.3, -0.25) is 9.48 Å². The number of nitrogen functional groups attached to an aromatic ring is 1. The predicted molar refractivity (Wildman–Crippen MR) is 81.2 cm³/mol. The molecule has 1 amide bonds. The van der Waals surface area contributed by atoms with E-state index in [9.17, 15) is 9.90 Å². The minimum absolute atomic E-state index is 0.100. The lowest BCUT2D eigenvalue weighted by molar-refractivity contribution is 0.102. The van der Waals surface area contributed by atoms with Gasteiger partial charge in [0, 0.05) is 25.0 Å². The van der Waals surface area contributed by atoms with Crippen LogP contribution in [0.2, 0.25) is 0 Å². The number of nitrogens with two attached hydrogens (primary N) is 1. The molecule has 3 aromatic heterocycles. The van der Waals surface area contributed by atoms with Gasteiger partial charge < -0.3 is 20.6 Å². The van der Waals surface area contributed by atoms with Gasteiger partial charge in [0.1, 0.15) is 17.8 Å². The molecule has 9 heteroatoms. The molecule has 0 fully saturated rings. The van der Waals surface area contributed by atoms with Gasteiger partial charge >= 0.3 is 0 Å². The molecule has 118 valence electrons. The molecule has 0 aliphatic rings. The summed E-state index contributed by atoms with van der Waals surface area (Å²) >= 11 is 0. The Labute approximate surface area is 130 Å².